The smallest absolute Gasteiger partial charge is 0.252 e. The highest BCUT2D eigenvalue weighted by Gasteiger charge is 2.33. The van der Waals surface area contributed by atoms with Crippen LogP contribution in [0.3, 0.4) is 0 Å². The van der Waals surface area contributed by atoms with Gasteiger partial charge in [-0.15, -0.1) is 0 Å². The van der Waals surface area contributed by atoms with Crippen molar-refractivity contribution in [3.63, 3.8) is 0 Å². The molecule has 4 rings (SSSR count). The summed E-state index contributed by atoms with van der Waals surface area (Å²) in [4.78, 5) is 14.9. The second kappa shape index (κ2) is 7.08. The minimum Gasteiger partial charge on any atom is -0.378 e. The van der Waals surface area contributed by atoms with E-state index >= 15 is 0 Å². The molecule has 0 aromatic heterocycles. The van der Waals surface area contributed by atoms with Gasteiger partial charge in [0.1, 0.15) is 0 Å². The monoisotopic (exact) mass is 355 g/mol. The van der Waals surface area contributed by atoms with Crippen LogP contribution in [0.4, 0.5) is 5.69 Å². The molecular formula is C23H21N3O. The summed E-state index contributed by atoms with van der Waals surface area (Å²) in [6.45, 7) is 0. The minimum absolute atomic E-state index is 0.117. The van der Waals surface area contributed by atoms with Gasteiger partial charge in [0.15, 0.2) is 0 Å². The van der Waals surface area contributed by atoms with Crippen molar-refractivity contribution in [3.8, 4) is 11.1 Å². The number of hydrogen-bond donors (Lipinski definition) is 1. The average Bonchev–Trinajstić information content (AvgIpc) is 3.03. The van der Waals surface area contributed by atoms with Crippen LogP contribution in [0, 0.1) is 0 Å². The molecule has 4 heteroatoms. The number of rotatable bonds is 4. The molecule has 0 radical (unpaired) electrons. The molecule has 0 bridgehead atoms. The number of amides is 1. The first-order valence-electron chi connectivity index (χ1n) is 8.93. The van der Waals surface area contributed by atoms with Crippen LogP contribution in [0.5, 0.6) is 0 Å². The van der Waals surface area contributed by atoms with E-state index in [-0.39, 0.29) is 11.8 Å². The Kier molecular flexibility index (Phi) is 4.47. The summed E-state index contributed by atoms with van der Waals surface area (Å²) in [5.74, 6) is -0.445. The largest absolute Gasteiger partial charge is 0.378 e. The normalized spacial score (nSPS) is 12.7. The first kappa shape index (κ1) is 17.0. The highest BCUT2D eigenvalue weighted by atomic mass is 16.2. The number of hydrogen-bond acceptors (Lipinski definition) is 3. The number of hydrazone groups is 1. The molecule has 0 unspecified atom stereocenters. The summed E-state index contributed by atoms with van der Waals surface area (Å²) in [7, 11) is 4.00. The van der Waals surface area contributed by atoms with Gasteiger partial charge in [-0.1, -0.05) is 60.7 Å². The van der Waals surface area contributed by atoms with Crippen LogP contribution in [0.1, 0.15) is 22.6 Å². The van der Waals surface area contributed by atoms with E-state index < -0.39 is 0 Å². The summed E-state index contributed by atoms with van der Waals surface area (Å²) >= 11 is 0. The van der Waals surface area contributed by atoms with Crippen molar-refractivity contribution in [2.75, 3.05) is 19.0 Å². The Bertz CT molecular complexity index is 961. The molecule has 1 aliphatic carbocycles. The zero-order chi connectivity index (χ0) is 18.8. The molecule has 27 heavy (non-hydrogen) atoms. The number of carbonyl (C=O) groups excluding carboxylic acids is 1. The molecule has 1 amide bonds. The van der Waals surface area contributed by atoms with Crippen LogP contribution in [-0.2, 0) is 4.79 Å². The van der Waals surface area contributed by atoms with Crippen LogP contribution in [0.25, 0.3) is 11.1 Å². The summed E-state index contributed by atoms with van der Waals surface area (Å²) in [5.41, 5.74) is 9.07. The molecule has 4 nitrogen and oxygen atoms in total. The Morgan fingerprint density at radius 3 is 2.00 bits per heavy atom. The molecule has 0 spiro atoms. The number of benzene rings is 3. The van der Waals surface area contributed by atoms with Crippen molar-refractivity contribution < 1.29 is 4.79 Å². The molecule has 0 saturated carbocycles. The Labute approximate surface area is 159 Å². The number of fused-ring (bicyclic) bond motifs is 3. The highest BCUT2D eigenvalue weighted by Crippen LogP contribution is 2.44. The zero-order valence-electron chi connectivity index (χ0n) is 15.4. The average molecular weight is 355 g/mol. The molecular weight excluding hydrogens is 334 g/mol. The van der Waals surface area contributed by atoms with Crippen molar-refractivity contribution in [1.29, 1.82) is 0 Å². The van der Waals surface area contributed by atoms with Crippen molar-refractivity contribution in [1.82, 2.24) is 5.43 Å². The fourth-order valence-electron chi connectivity index (χ4n) is 3.53. The summed E-state index contributed by atoms with van der Waals surface area (Å²) in [6, 6.07) is 24.1. The van der Waals surface area contributed by atoms with E-state index in [0.29, 0.717) is 0 Å². The van der Waals surface area contributed by atoms with Gasteiger partial charge in [-0.3, -0.25) is 4.79 Å². The van der Waals surface area contributed by atoms with Crippen molar-refractivity contribution in [2.45, 2.75) is 5.92 Å². The summed E-state index contributed by atoms with van der Waals surface area (Å²) in [6.07, 6.45) is 1.67. The third-order valence-electron chi connectivity index (χ3n) is 4.89. The molecule has 0 saturated heterocycles. The van der Waals surface area contributed by atoms with Gasteiger partial charge in [-0.05, 0) is 39.9 Å². The van der Waals surface area contributed by atoms with Gasteiger partial charge in [0.05, 0.1) is 12.1 Å². The molecule has 0 fully saturated rings. The number of anilines is 1. The second-order valence-electron chi connectivity index (χ2n) is 6.83. The predicted molar refractivity (Wildman–Crippen MR) is 110 cm³/mol. The zero-order valence-corrected chi connectivity index (χ0v) is 15.4. The number of nitrogens with one attached hydrogen (secondary N) is 1. The molecule has 0 heterocycles. The summed E-state index contributed by atoms with van der Waals surface area (Å²) in [5, 5.41) is 4.17. The Balaban J connectivity index is 1.53. The van der Waals surface area contributed by atoms with Crippen LogP contribution in [0.2, 0.25) is 0 Å². The highest BCUT2D eigenvalue weighted by molar-refractivity contribution is 5.96. The SMILES string of the molecule is CN(C)c1ccc(/C=N\NC(=O)C2c3ccccc3-c3ccccc32)cc1. The van der Waals surface area contributed by atoms with Crippen LogP contribution in [-0.4, -0.2) is 26.2 Å². The fraction of sp³-hybridized carbons (Fsp3) is 0.130. The molecule has 0 aliphatic heterocycles. The number of nitrogens with zero attached hydrogens (tertiary/aromatic N) is 2. The first-order chi connectivity index (χ1) is 13.1. The predicted octanol–water partition coefficient (Wildman–Crippen LogP) is 4.02. The maximum Gasteiger partial charge on any atom is 0.252 e. The standard InChI is InChI=1S/C23H21N3O/c1-26(2)17-13-11-16(12-14-17)15-24-25-23(27)22-20-9-5-3-7-18(20)19-8-4-6-10-21(19)22/h3-15,22H,1-2H3,(H,25,27)/b24-15-. The van der Waals surface area contributed by atoms with Gasteiger partial charge in [0, 0.05) is 19.8 Å². The van der Waals surface area contributed by atoms with E-state index in [0.717, 1.165) is 33.5 Å². The van der Waals surface area contributed by atoms with E-state index in [9.17, 15) is 4.79 Å². The summed E-state index contributed by atoms with van der Waals surface area (Å²) < 4.78 is 0. The topological polar surface area (TPSA) is 44.7 Å². The van der Waals surface area contributed by atoms with Gasteiger partial charge in [0.25, 0.3) is 5.91 Å². The molecule has 3 aromatic rings. The van der Waals surface area contributed by atoms with Crippen molar-refractivity contribution in [2.24, 2.45) is 5.10 Å². The molecule has 134 valence electrons. The maximum absolute atomic E-state index is 12.9. The Hall–Kier alpha value is -3.40. The lowest BCUT2D eigenvalue weighted by molar-refractivity contribution is -0.121. The lowest BCUT2D eigenvalue weighted by Crippen LogP contribution is -2.25. The van der Waals surface area contributed by atoms with Crippen LogP contribution >= 0.6 is 0 Å². The number of carbonyl (C=O) groups is 1. The van der Waals surface area contributed by atoms with Crippen molar-refractivity contribution in [3.05, 3.63) is 89.5 Å². The van der Waals surface area contributed by atoms with Crippen molar-refractivity contribution >= 4 is 17.8 Å². The first-order valence-corrected chi connectivity index (χ1v) is 8.93. The van der Waals surface area contributed by atoms with E-state index in [1.54, 1.807) is 6.21 Å². The van der Waals surface area contributed by atoms with E-state index in [4.69, 9.17) is 0 Å². The third-order valence-corrected chi connectivity index (χ3v) is 4.89. The molecule has 0 atom stereocenters. The quantitative estimate of drug-likeness (QED) is 0.568. The lowest BCUT2D eigenvalue weighted by Gasteiger charge is -2.12. The van der Waals surface area contributed by atoms with Crippen LogP contribution < -0.4 is 10.3 Å². The van der Waals surface area contributed by atoms with E-state index in [1.165, 1.54) is 0 Å². The maximum atomic E-state index is 12.9. The van der Waals surface area contributed by atoms with Gasteiger partial charge in [-0.25, -0.2) is 5.43 Å². The van der Waals surface area contributed by atoms with Gasteiger partial charge in [0.2, 0.25) is 0 Å². The molecule has 3 aromatic carbocycles. The van der Waals surface area contributed by atoms with Gasteiger partial charge < -0.3 is 4.90 Å². The van der Waals surface area contributed by atoms with Gasteiger partial charge in [-0.2, -0.15) is 5.10 Å². The van der Waals surface area contributed by atoms with E-state index in [2.05, 4.69) is 22.7 Å². The van der Waals surface area contributed by atoms with E-state index in [1.807, 2.05) is 79.7 Å². The fourth-order valence-corrected chi connectivity index (χ4v) is 3.53. The Morgan fingerprint density at radius 2 is 1.44 bits per heavy atom. The second-order valence-corrected chi connectivity index (χ2v) is 6.83. The van der Waals surface area contributed by atoms with Gasteiger partial charge >= 0.3 is 0 Å². The molecule has 1 aliphatic rings. The molecule has 1 N–H and O–H groups in total. The third kappa shape index (κ3) is 3.22. The minimum atomic E-state index is -0.328. The van der Waals surface area contributed by atoms with Crippen LogP contribution in [0.15, 0.2) is 77.9 Å². The Morgan fingerprint density at radius 1 is 0.889 bits per heavy atom. The lowest BCUT2D eigenvalue weighted by atomic mass is 9.96.